The molecule has 0 spiro atoms. The lowest BCUT2D eigenvalue weighted by molar-refractivity contribution is 0.0949. The third kappa shape index (κ3) is 2.69. The summed E-state index contributed by atoms with van der Waals surface area (Å²) in [5, 5.41) is 10.2. The van der Waals surface area contributed by atoms with E-state index < -0.39 is 0 Å². The number of rotatable bonds is 3. The zero-order valence-electron chi connectivity index (χ0n) is 12.3. The summed E-state index contributed by atoms with van der Waals surface area (Å²) in [6.07, 6.45) is 0.893. The van der Waals surface area contributed by atoms with Crippen LogP contribution < -0.4 is 10.6 Å². The molecule has 0 fully saturated rings. The number of amides is 1. The van der Waals surface area contributed by atoms with Crippen molar-refractivity contribution < 1.29 is 9.32 Å². The van der Waals surface area contributed by atoms with E-state index in [1.54, 1.807) is 0 Å². The quantitative estimate of drug-likeness (QED) is 0.903. The van der Waals surface area contributed by atoms with Crippen molar-refractivity contribution in [3.05, 3.63) is 51.9 Å². The molecule has 0 bridgehead atoms. The van der Waals surface area contributed by atoms with Gasteiger partial charge in [0.15, 0.2) is 0 Å². The monoisotopic (exact) mass is 285 g/mol. The third-order valence-electron chi connectivity index (χ3n) is 3.99. The summed E-state index contributed by atoms with van der Waals surface area (Å²) in [5.41, 5.74) is 4.93. The Balaban J connectivity index is 1.77. The first-order valence-electron chi connectivity index (χ1n) is 7.18. The zero-order valence-corrected chi connectivity index (χ0v) is 12.3. The van der Waals surface area contributed by atoms with E-state index in [0.29, 0.717) is 6.54 Å². The topological polar surface area (TPSA) is 67.2 Å². The molecule has 0 saturated carbocycles. The lowest BCUT2D eigenvalue weighted by atomic mass is 9.95. The Hall–Kier alpha value is -2.14. The molecule has 21 heavy (non-hydrogen) atoms. The van der Waals surface area contributed by atoms with Gasteiger partial charge in [0.05, 0.1) is 5.69 Å². The Morgan fingerprint density at radius 2 is 2.29 bits per heavy atom. The van der Waals surface area contributed by atoms with Crippen molar-refractivity contribution in [2.75, 3.05) is 6.54 Å². The fraction of sp³-hybridized carbons (Fsp3) is 0.375. The number of nitrogens with zero attached hydrogens (tertiary/aromatic N) is 1. The number of benzene rings is 1. The first kappa shape index (κ1) is 13.8. The van der Waals surface area contributed by atoms with Crippen molar-refractivity contribution in [2.24, 2.45) is 0 Å². The van der Waals surface area contributed by atoms with Gasteiger partial charge >= 0.3 is 0 Å². The molecule has 1 aromatic carbocycles. The van der Waals surface area contributed by atoms with Gasteiger partial charge in [-0.25, -0.2) is 0 Å². The van der Waals surface area contributed by atoms with Gasteiger partial charge < -0.3 is 15.2 Å². The van der Waals surface area contributed by atoms with Crippen LogP contribution in [-0.2, 0) is 19.5 Å². The number of carbonyl (C=O) groups is 1. The molecule has 0 saturated heterocycles. The molecule has 1 aliphatic rings. The van der Waals surface area contributed by atoms with Gasteiger partial charge in [-0.2, -0.15) is 0 Å². The van der Waals surface area contributed by atoms with Crippen molar-refractivity contribution in [3.8, 4) is 0 Å². The number of aromatic nitrogens is 1. The van der Waals surface area contributed by atoms with Crippen molar-refractivity contribution >= 4 is 5.91 Å². The maximum Gasteiger partial charge on any atom is 0.251 e. The summed E-state index contributed by atoms with van der Waals surface area (Å²) in [7, 11) is 0. The van der Waals surface area contributed by atoms with Crippen LogP contribution in [0.4, 0.5) is 0 Å². The van der Waals surface area contributed by atoms with E-state index in [1.807, 2.05) is 26.0 Å². The first-order valence-corrected chi connectivity index (χ1v) is 7.18. The largest absolute Gasteiger partial charge is 0.361 e. The Bertz CT molecular complexity index is 657. The van der Waals surface area contributed by atoms with Crippen LogP contribution in [0.25, 0.3) is 0 Å². The van der Waals surface area contributed by atoms with Crippen LogP contribution in [0.15, 0.2) is 22.7 Å². The molecule has 5 heteroatoms. The van der Waals surface area contributed by atoms with Gasteiger partial charge in [0, 0.05) is 24.2 Å². The van der Waals surface area contributed by atoms with Gasteiger partial charge in [0.2, 0.25) is 0 Å². The highest BCUT2D eigenvalue weighted by Crippen LogP contribution is 2.19. The molecule has 0 unspecified atom stereocenters. The summed E-state index contributed by atoms with van der Waals surface area (Å²) >= 11 is 0. The molecule has 5 nitrogen and oxygen atoms in total. The molecular weight excluding hydrogens is 266 g/mol. The lowest BCUT2D eigenvalue weighted by Crippen LogP contribution is -2.29. The number of carbonyl (C=O) groups excluding carboxylic acids is 1. The number of hydrogen-bond acceptors (Lipinski definition) is 4. The van der Waals surface area contributed by atoms with E-state index in [9.17, 15) is 4.79 Å². The average molecular weight is 285 g/mol. The van der Waals surface area contributed by atoms with Crippen LogP contribution in [0.1, 0.15) is 38.5 Å². The lowest BCUT2D eigenvalue weighted by Gasteiger charge is -2.19. The minimum atomic E-state index is -0.0336. The Kier molecular flexibility index (Phi) is 3.75. The molecule has 2 aromatic rings. The molecular formula is C16H19N3O2. The molecule has 2 N–H and O–H groups in total. The van der Waals surface area contributed by atoms with Crippen molar-refractivity contribution in [3.63, 3.8) is 0 Å². The molecule has 2 heterocycles. The highest BCUT2D eigenvalue weighted by Gasteiger charge is 2.18. The molecule has 1 aromatic heterocycles. The van der Waals surface area contributed by atoms with Gasteiger partial charge in [-0.05, 0) is 44.0 Å². The van der Waals surface area contributed by atoms with Crippen LogP contribution in [0.3, 0.4) is 0 Å². The van der Waals surface area contributed by atoms with Gasteiger partial charge in [-0.15, -0.1) is 0 Å². The van der Waals surface area contributed by atoms with E-state index in [1.165, 1.54) is 5.56 Å². The first-order chi connectivity index (χ1) is 10.2. The van der Waals surface area contributed by atoms with Gasteiger partial charge in [0.1, 0.15) is 5.76 Å². The van der Waals surface area contributed by atoms with Gasteiger partial charge in [-0.1, -0.05) is 17.3 Å². The minimum absolute atomic E-state index is 0.0336. The average Bonchev–Trinajstić information content (AvgIpc) is 2.83. The third-order valence-corrected chi connectivity index (χ3v) is 3.99. The van der Waals surface area contributed by atoms with Crippen LogP contribution in [-0.4, -0.2) is 17.6 Å². The number of hydrogen-bond donors (Lipinski definition) is 2. The second-order valence-corrected chi connectivity index (χ2v) is 5.36. The Morgan fingerprint density at radius 1 is 1.43 bits per heavy atom. The van der Waals surface area contributed by atoms with E-state index in [4.69, 9.17) is 4.52 Å². The number of nitrogens with one attached hydrogen (secondary N) is 2. The molecule has 0 radical (unpaired) electrons. The Labute approximate surface area is 123 Å². The Morgan fingerprint density at radius 3 is 3.05 bits per heavy atom. The maximum atomic E-state index is 12.5. The van der Waals surface area contributed by atoms with Gasteiger partial charge in [-0.3, -0.25) is 4.79 Å². The van der Waals surface area contributed by atoms with Crippen molar-refractivity contribution in [1.29, 1.82) is 0 Å². The van der Waals surface area contributed by atoms with Crippen LogP contribution in [0, 0.1) is 13.8 Å². The van der Waals surface area contributed by atoms with Crippen LogP contribution >= 0.6 is 0 Å². The molecule has 1 aliphatic heterocycles. The second kappa shape index (κ2) is 5.69. The van der Waals surface area contributed by atoms with Crippen molar-refractivity contribution in [1.82, 2.24) is 15.8 Å². The second-order valence-electron chi connectivity index (χ2n) is 5.36. The molecule has 0 atom stereocenters. The maximum absolute atomic E-state index is 12.5. The van der Waals surface area contributed by atoms with E-state index >= 15 is 0 Å². The predicted octanol–water partition coefficient (Wildman–Crippen LogP) is 1.87. The fourth-order valence-electron chi connectivity index (χ4n) is 2.76. The summed E-state index contributed by atoms with van der Waals surface area (Å²) in [5.74, 6) is 0.723. The number of aryl methyl sites for hydroxylation is 2. The van der Waals surface area contributed by atoms with Crippen LogP contribution in [0.2, 0.25) is 0 Å². The fourth-order valence-corrected chi connectivity index (χ4v) is 2.76. The standard InChI is InChI=1S/C16H19N3O2/c1-10-15(11(2)21-19-10)9-18-16(20)14-5-3-4-12-8-17-7-6-13(12)14/h3-5,17H,6-9H2,1-2H3,(H,18,20). The zero-order chi connectivity index (χ0) is 14.8. The van der Waals surface area contributed by atoms with E-state index in [2.05, 4.69) is 21.9 Å². The highest BCUT2D eigenvalue weighted by molar-refractivity contribution is 5.96. The smallest absolute Gasteiger partial charge is 0.251 e. The molecule has 0 aliphatic carbocycles. The minimum Gasteiger partial charge on any atom is -0.361 e. The van der Waals surface area contributed by atoms with Crippen LogP contribution in [0.5, 0.6) is 0 Å². The molecule has 3 rings (SSSR count). The summed E-state index contributed by atoms with van der Waals surface area (Å²) in [4.78, 5) is 12.5. The summed E-state index contributed by atoms with van der Waals surface area (Å²) < 4.78 is 5.11. The SMILES string of the molecule is Cc1noc(C)c1CNC(=O)c1cccc2c1CCNC2. The van der Waals surface area contributed by atoms with E-state index in [0.717, 1.165) is 47.7 Å². The summed E-state index contributed by atoms with van der Waals surface area (Å²) in [6, 6.07) is 5.91. The van der Waals surface area contributed by atoms with Crippen molar-refractivity contribution in [2.45, 2.75) is 33.4 Å². The predicted molar refractivity (Wildman–Crippen MR) is 79.0 cm³/mol. The highest BCUT2D eigenvalue weighted by atomic mass is 16.5. The molecule has 1 amide bonds. The molecule has 110 valence electrons. The summed E-state index contributed by atoms with van der Waals surface area (Å²) in [6.45, 7) is 5.94. The van der Waals surface area contributed by atoms with E-state index in [-0.39, 0.29) is 5.91 Å². The number of fused-ring (bicyclic) bond motifs is 1. The normalized spacial score (nSPS) is 13.8. The van der Waals surface area contributed by atoms with Gasteiger partial charge in [0.25, 0.3) is 5.91 Å².